The Hall–Kier alpha value is -2.55. The van der Waals surface area contributed by atoms with Crippen LogP contribution >= 0.6 is 0 Å². The zero-order chi connectivity index (χ0) is 14.2. The predicted octanol–water partition coefficient (Wildman–Crippen LogP) is 3.12. The van der Waals surface area contributed by atoms with Gasteiger partial charge in [0, 0.05) is 21.8 Å². The van der Waals surface area contributed by atoms with Crippen molar-refractivity contribution in [1.29, 1.82) is 0 Å². The van der Waals surface area contributed by atoms with Crippen molar-refractivity contribution in [2.24, 2.45) is 7.05 Å². The first-order valence-electron chi connectivity index (χ1n) is 7.30. The van der Waals surface area contributed by atoms with Crippen molar-refractivity contribution in [2.45, 2.75) is 13.1 Å². The Kier molecular flexibility index (Phi) is 2.78. The molecule has 21 heavy (non-hydrogen) atoms. The summed E-state index contributed by atoms with van der Waals surface area (Å²) in [6.07, 6.45) is 6.31. The maximum atomic E-state index is 2.42. The predicted molar refractivity (Wildman–Crippen MR) is 85.1 cm³/mol. The molecule has 0 aliphatic carbocycles. The number of hydrogen-bond donors (Lipinski definition) is 0. The van der Waals surface area contributed by atoms with E-state index >= 15 is 0 Å². The molecule has 0 amide bonds. The largest absolute Gasteiger partial charge is 0.336 e. The van der Waals surface area contributed by atoms with Gasteiger partial charge in [0.2, 0.25) is 6.33 Å². The van der Waals surface area contributed by atoms with Crippen LogP contribution in [0.5, 0.6) is 0 Å². The summed E-state index contributed by atoms with van der Waals surface area (Å²) in [5.74, 6) is 0. The smallest absolute Gasteiger partial charge is 0.243 e. The summed E-state index contributed by atoms with van der Waals surface area (Å²) in [5.41, 5.74) is 2.63. The third-order valence-corrected chi connectivity index (χ3v) is 4.09. The number of benzene rings is 2. The third-order valence-electron chi connectivity index (χ3n) is 4.09. The van der Waals surface area contributed by atoms with Gasteiger partial charge in [0.15, 0.2) is 0 Å². The van der Waals surface area contributed by atoms with Gasteiger partial charge in [-0.2, -0.15) is 0 Å². The van der Waals surface area contributed by atoms with Crippen LogP contribution in [-0.4, -0.2) is 9.13 Å². The van der Waals surface area contributed by atoms with Crippen LogP contribution in [0.3, 0.4) is 0 Å². The van der Waals surface area contributed by atoms with Crippen LogP contribution < -0.4 is 4.57 Å². The van der Waals surface area contributed by atoms with E-state index in [0.717, 1.165) is 13.1 Å². The average Bonchev–Trinajstić information content (AvgIpc) is 3.07. The van der Waals surface area contributed by atoms with E-state index in [0.29, 0.717) is 0 Å². The normalized spacial score (nSPS) is 11.5. The Labute approximate surface area is 123 Å². The molecule has 104 valence electrons. The van der Waals surface area contributed by atoms with E-state index in [2.05, 4.69) is 88.0 Å². The first-order valence-corrected chi connectivity index (χ1v) is 7.30. The van der Waals surface area contributed by atoms with Crippen molar-refractivity contribution >= 4 is 21.8 Å². The summed E-state index contributed by atoms with van der Waals surface area (Å²) in [4.78, 5) is 0. The van der Waals surface area contributed by atoms with Crippen LogP contribution in [0.1, 0.15) is 0 Å². The average molecular weight is 276 g/mol. The number of imidazole rings is 1. The zero-order valence-electron chi connectivity index (χ0n) is 12.1. The van der Waals surface area contributed by atoms with Crippen molar-refractivity contribution in [3.63, 3.8) is 0 Å². The van der Waals surface area contributed by atoms with Gasteiger partial charge in [-0.15, -0.1) is 0 Å². The molecule has 2 aromatic heterocycles. The summed E-state index contributed by atoms with van der Waals surface area (Å²) >= 11 is 0. The topological polar surface area (TPSA) is 13.7 Å². The Balaban J connectivity index is 1.82. The quantitative estimate of drug-likeness (QED) is 0.510. The zero-order valence-corrected chi connectivity index (χ0v) is 12.1. The lowest BCUT2D eigenvalue weighted by atomic mass is 10.2. The van der Waals surface area contributed by atoms with E-state index in [1.165, 1.54) is 21.8 Å². The number of fused-ring (bicyclic) bond motifs is 3. The molecule has 0 saturated carbocycles. The van der Waals surface area contributed by atoms with E-state index in [4.69, 9.17) is 0 Å². The summed E-state index contributed by atoms with van der Waals surface area (Å²) in [6, 6.07) is 17.3. The monoisotopic (exact) mass is 276 g/mol. The molecule has 0 spiro atoms. The van der Waals surface area contributed by atoms with Crippen molar-refractivity contribution in [3.05, 3.63) is 67.3 Å². The molecule has 2 heterocycles. The van der Waals surface area contributed by atoms with Gasteiger partial charge in [0.05, 0.1) is 13.6 Å². The Morgan fingerprint density at radius 2 is 1.48 bits per heavy atom. The highest BCUT2D eigenvalue weighted by Crippen LogP contribution is 2.28. The molecular weight excluding hydrogens is 258 g/mol. The van der Waals surface area contributed by atoms with Crippen molar-refractivity contribution in [3.8, 4) is 0 Å². The second kappa shape index (κ2) is 4.77. The standard InChI is InChI=1S/C18H18N3/c1-19-10-11-20(14-19)12-13-21-17-8-4-2-6-15(17)16-7-3-5-9-18(16)21/h2-11,14H,12-13H2,1H3/q+1. The Morgan fingerprint density at radius 3 is 2.05 bits per heavy atom. The molecule has 0 bridgehead atoms. The number of para-hydroxylation sites is 2. The fourth-order valence-corrected chi connectivity index (χ4v) is 3.09. The minimum absolute atomic E-state index is 0.975. The highest BCUT2D eigenvalue weighted by molar-refractivity contribution is 6.07. The summed E-state index contributed by atoms with van der Waals surface area (Å²) in [7, 11) is 2.05. The fraction of sp³-hybridized carbons (Fsp3) is 0.167. The molecule has 0 saturated heterocycles. The van der Waals surface area contributed by atoms with Gasteiger partial charge in [-0.05, 0) is 12.1 Å². The number of hydrogen-bond acceptors (Lipinski definition) is 0. The van der Waals surface area contributed by atoms with E-state index in [1.54, 1.807) is 0 Å². The van der Waals surface area contributed by atoms with Crippen LogP contribution in [0.2, 0.25) is 0 Å². The molecule has 0 aliphatic heterocycles. The second-order valence-electron chi connectivity index (χ2n) is 5.50. The fourth-order valence-electron chi connectivity index (χ4n) is 3.09. The summed E-state index contributed by atoms with van der Waals surface area (Å²) in [5, 5.41) is 2.68. The van der Waals surface area contributed by atoms with Gasteiger partial charge in [-0.1, -0.05) is 36.4 Å². The summed E-state index contributed by atoms with van der Waals surface area (Å²) in [6.45, 7) is 1.95. The molecule has 0 atom stereocenters. The van der Waals surface area contributed by atoms with Crippen molar-refractivity contribution < 1.29 is 4.57 Å². The first kappa shape index (κ1) is 12.2. The van der Waals surface area contributed by atoms with Gasteiger partial charge in [0.25, 0.3) is 0 Å². The number of rotatable bonds is 3. The lowest BCUT2D eigenvalue weighted by Gasteiger charge is -2.05. The number of aromatic nitrogens is 3. The Bertz CT molecular complexity index is 861. The molecule has 0 radical (unpaired) electrons. The second-order valence-corrected chi connectivity index (χ2v) is 5.50. The van der Waals surface area contributed by atoms with Crippen LogP contribution in [0.15, 0.2) is 67.3 Å². The highest BCUT2D eigenvalue weighted by Gasteiger charge is 2.10. The molecule has 0 unspecified atom stereocenters. The van der Waals surface area contributed by atoms with Gasteiger partial charge in [-0.25, -0.2) is 9.13 Å². The molecule has 4 aromatic rings. The molecular formula is C18H18N3+. The third kappa shape index (κ3) is 2.02. The van der Waals surface area contributed by atoms with Crippen LogP contribution in [-0.2, 0) is 20.1 Å². The number of nitrogens with zero attached hydrogens (tertiary/aromatic N) is 3. The van der Waals surface area contributed by atoms with Crippen molar-refractivity contribution in [1.82, 2.24) is 9.13 Å². The van der Waals surface area contributed by atoms with E-state index in [9.17, 15) is 0 Å². The SMILES string of the molecule is C[n+]1ccn(CCn2c3ccccc3c3ccccc32)c1. The maximum absolute atomic E-state index is 2.42. The molecule has 0 fully saturated rings. The minimum Gasteiger partial charge on any atom is -0.336 e. The van der Waals surface area contributed by atoms with Crippen molar-refractivity contribution in [2.75, 3.05) is 0 Å². The van der Waals surface area contributed by atoms with Crippen LogP contribution in [0.25, 0.3) is 21.8 Å². The van der Waals surface area contributed by atoms with Gasteiger partial charge in [-0.3, -0.25) is 0 Å². The highest BCUT2D eigenvalue weighted by atomic mass is 15.1. The lowest BCUT2D eigenvalue weighted by Crippen LogP contribution is -2.24. The van der Waals surface area contributed by atoms with Gasteiger partial charge < -0.3 is 4.57 Å². The Morgan fingerprint density at radius 1 is 0.857 bits per heavy atom. The maximum Gasteiger partial charge on any atom is 0.243 e. The van der Waals surface area contributed by atoms with Gasteiger partial charge >= 0.3 is 0 Å². The number of aryl methyl sites for hydroxylation is 3. The van der Waals surface area contributed by atoms with E-state index in [-0.39, 0.29) is 0 Å². The molecule has 3 heteroatoms. The molecule has 3 nitrogen and oxygen atoms in total. The molecule has 2 aromatic carbocycles. The molecule has 4 rings (SSSR count). The lowest BCUT2D eigenvalue weighted by molar-refractivity contribution is -0.671. The molecule has 0 N–H and O–H groups in total. The van der Waals surface area contributed by atoms with Crippen LogP contribution in [0, 0.1) is 0 Å². The molecule has 0 aliphatic rings. The van der Waals surface area contributed by atoms with Gasteiger partial charge in [0.1, 0.15) is 18.9 Å². The van der Waals surface area contributed by atoms with E-state index < -0.39 is 0 Å². The first-order chi connectivity index (χ1) is 10.3. The van der Waals surface area contributed by atoms with Crippen LogP contribution in [0.4, 0.5) is 0 Å². The minimum atomic E-state index is 0.975. The summed E-state index contributed by atoms with van der Waals surface area (Å²) < 4.78 is 6.72. The van der Waals surface area contributed by atoms with E-state index in [1.807, 2.05) is 0 Å².